The summed E-state index contributed by atoms with van der Waals surface area (Å²) in [6.45, 7) is 0. The molecule has 3 nitrogen and oxygen atoms in total. The number of carbonyl (C=O) groups is 1. The van der Waals surface area contributed by atoms with Gasteiger partial charge in [0.2, 0.25) is 5.91 Å². The summed E-state index contributed by atoms with van der Waals surface area (Å²) in [5.41, 5.74) is 5.85. The summed E-state index contributed by atoms with van der Waals surface area (Å²) in [5, 5.41) is 2.55. The zero-order valence-corrected chi connectivity index (χ0v) is 8.69. The van der Waals surface area contributed by atoms with Crippen LogP contribution in [0.4, 0.5) is 10.1 Å². The molecule has 2 atom stereocenters. The summed E-state index contributed by atoms with van der Waals surface area (Å²) in [6, 6.07) is 6.03. The second kappa shape index (κ2) is 4.45. The van der Waals surface area contributed by atoms with Gasteiger partial charge in [-0.15, -0.1) is 0 Å². The topological polar surface area (TPSA) is 55.1 Å². The molecule has 0 heterocycles. The maximum absolute atomic E-state index is 13.3. The molecule has 0 bridgehead atoms. The van der Waals surface area contributed by atoms with Crippen molar-refractivity contribution in [3.05, 3.63) is 42.2 Å². The lowest BCUT2D eigenvalue weighted by Gasteiger charge is -2.10. The van der Waals surface area contributed by atoms with Crippen molar-refractivity contribution in [3.8, 4) is 0 Å². The van der Waals surface area contributed by atoms with E-state index in [1.165, 1.54) is 12.1 Å². The summed E-state index contributed by atoms with van der Waals surface area (Å²) in [7, 11) is 0. The van der Waals surface area contributed by atoms with Gasteiger partial charge in [-0.05, 0) is 18.6 Å². The van der Waals surface area contributed by atoms with Crippen molar-refractivity contribution in [3.63, 3.8) is 0 Å². The van der Waals surface area contributed by atoms with Crippen LogP contribution in [0.2, 0.25) is 0 Å². The van der Waals surface area contributed by atoms with Gasteiger partial charge in [-0.25, -0.2) is 4.39 Å². The third kappa shape index (κ3) is 2.28. The van der Waals surface area contributed by atoms with Crippen LogP contribution in [0.15, 0.2) is 36.4 Å². The second-order valence-electron chi connectivity index (χ2n) is 3.86. The minimum Gasteiger partial charge on any atom is -0.324 e. The number of nitrogens with one attached hydrogen (secondary N) is 1. The summed E-state index contributed by atoms with van der Waals surface area (Å²) < 4.78 is 13.3. The van der Waals surface area contributed by atoms with E-state index >= 15 is 0 Å². The Morgan fingerprint density at radius 3 is 2.75 bits per heavy atom. The molecule has 3 N–H and O–H groups in total. The van der Waals surface area contributed by atoms with Gasteiger partial charge < -0.3 is 11.1 Å². The maximum Gasteiger partial charge on any atom is 0.231 e. The molecule has 2 unspecified atom stereocenters. The van der Waals surface area contributed by atoms with Gasteiger partial charge in [-0.1, -0.05) is 24.3 Å². The van der Waals surface area contributed by atoms with Crippen molar-refractivity contribution in [2.45, 2.75) is 12.5 Å². The van der Waals surface area contributed by atoms with E-state index in [-0.39, 0.29) is 23.6 Å². The number of hydrogen-bond acceptors (Lipinski definition) is 2. The number of carbonyl (C=O) groups excluding carboxylic acids is 1. The van der Waals surface area contributed by atoms with Gasteiger partial charge in [-0.3, -0.25) is 4.79 Å². The first-order chi connectivity index (χ1) is 7.66. The Morgan fingerprint density at radius 1 is 1.38 bits per heavy atom. The quantitative estimate of drug-likeness (QED) is 0.745. The minimum absolute atomic E-state index is 0.0728. The zero-order chi connectivity index (χ0) is 11.5. The van der Waals surface area contributed by atoms with Crippen LogP contribution < -0.4 is 11.1 Å². The molecule has 1 aromatic carbocycles. The molecule has 1 aliphatic carbocycles. The number of amides is 1. The lowest BCUT2D eigenvalue weighted by Crippen LogP contribution is -2.24. The van der Waals surface area contributed by atoms with Crippen molar-refractivity contribution in [2.24, 2.45) is 11.7 Å². The molecule has 4 heteroatoms. The average Bonchev–Trinajstić information content (AvgIpc) is 2.68. The fraction of sp³-hybridized carbons (Fsp3) is 0.250. The first-order valence-corrected chi connectivity index (χ1v) is 5.16. The van der Waals surface area contributed by atoms with E-state index in [9.17, 15) is 9.18 Å². The van der Waals surface area contributed by atoms with Crippen LogP contribution in [0.5, 0.6) is 0 Å². The first kappa shape index (κ1) is 10.8. The lowest BCUT2D eigenvalue weighted by molar-refractivity contribution is -0.118. The molecule has 0 saturated heterocycles. The summed E-state index contributed by atoms with van der Waals surface area (Å²) in [6.07, 6.45) is 4.15. The molecule has 84 valence electrons. The molecule has 0 saturated carbocycles. The Morgan fingerprint density at radius 2 is 2.12 bits per heavy atom. The fourth-order valence-corrected chi connectivity index (χ4v) is 1.71. The maximum atomic E-state index is 13.3. The van der Waals surface area contributed by atoms with Crippen molar-refractivity contribution in [1.82, 2.24) is 0 Å². The Kier molecular flexibility index (Phi) is 3.01. The number of para-hydroxylation sites is 1. The number of halogens is 1. The van der Waals surface area contributed by atoms with Crippen LogP contribution in [0.1, 0.15) is 6.42 Å². The van der Waals surface area contributed by atoms with Crippen LogP contribution in [-0.2, 0) is 4.79 Å². The number of anilines is 1. The third-order valence-corrected chi connectivity index (χ3v) is 2.59. The van der Waals surface area contributed by atoms with Crippen molar-refractivity contribution < 1.29 is 9.18 Å². The van der Waals surface area contributed by atoms with Crippen molar-refractivity contribution in [1.29, 1.82) is 0 Å². The zero-order valence-electron chi connectivity index (χ0n) is 8.69. The average molecular weight is 220 g/mol. The number of benzene rings is 1. The predicted molar refractivity (Wildman–Crippen MR) is 60.3 cm³/mol. The Balaban J connectivity index is 2.03. The third-order valence-electron chi connectivity index (χ3n) is 2.59. The molecule has 0 fully saturated rings. The van der Waals surface area contributed by atoms with Crippen LogP contribution in [0, 0.1) is 11.7 Å². The van der Waals surface area contributed by atoms with E-state index in [0.717, 1.165) is 0 Å². The van der Waals surface area contributed by atoms with Crippen LogP contribution in [0.3, 0.4) is 0 Å². The second-order valence-corrected chi connectivity index (χ2v) is 3.86. The predicted octanol–water partition coefficient (Wildman–Crippen LogP) is 1.67. The molecule has 0 radical (unpaired) electrons. The van der Waals surface area contributed by atoms with Gasteiger partial charge >= 0.3 is 0 Å². The van der Waals surface area contributed by atoms with Gasteiger partial charge in [-0.2, -0.15) is 0 Å². The molecule has 16 heavy (non-hydrogen) atoms. The monoisotopic (exact) mass is 220 g/mol. The van der Waals surface area contributed by atoms with Crippen molar-refractivity contribution in [2.75, 3.05) is 5.32 Å². The minimum atomic E-state index is -0.429. The van der Waals surface area contributed by atoms with Gasteiger partial charge in [0.15, 0.2) is 0 Å². The van der Waals surface area contributed by atoms with E-state index in [1.807, 2.05) is 0 Å². The molecule has 0 spiro atoms. The smallest absolute Gasteiger partial charge is 0.231 e. The van der Waals surface area contributed by atoms with E-state index in [1.54, 1.807) is 24.3 Å². The van der Waals surface area contributed by atoms with Gasteiger partial charge in [0.05, 0.1) is 11.6 Å². The van der Waals surface area contributed by atoms with E-state index in [2.05, 4.69) is 5.32 Å². The molecule has 1 amide bonds. The largest absolute Gasteiger partial charge is 0.324 e. The summed E-state index contributed by atoms with van der Waals surface area (Å²) in [4.78, 5) is 11.7. The summed E-state index contributed by atoms with van der Waals surface area (Å²) in [5.74, 6) is -0.897. The van der Waals surface area contributed by atoms with Gasteiger partial charge in [0.25, 0.3) is 0 Å². The normalized spacial score (nSPS) is 23.4. The number of nitrogens with two attached hydrogens (primary N) is 1. The van der Waals surface area contributed by atoms with Crippen LogP contribution in [-0.4, -0.2) is 11.9 Å². The van der Waals surface area contributed by atoms with E-state index < -0.39 is 5.82 Å². The highest BCUT2D eigenvalue weighted by Crippen LogP contribution is 2.20. The molecule has 0 aliphatic heterocycles. The SMILES string of the molecule is NC1C=CC(C(=O)Nc2ccccc2F)C1. The fourth-order valence-electron chi connectivity index (χ4n) is 1.71. The Labute approximate surface area is 93.1 Å². The van der Waals surface area contributed by atoms with Gasteiger partial charge in [0, 0.05) is 6.04 Å². The molecule has 0 aromatic heterocycles. The standard InChI is InChI=1S/C12H13FN2O/c13-10-3-1-2-4-11(10)15-12(16)8-5-6-9(14)7-8/h1-6,8-9H,7,14H2,(H,15,16). The summed E-state index contributed by atoms with van der Waals surface area (Å²) >= 11 is 0. The van der Waals surface area contributed by atoms with E-state index in [0.29, 0.717) is 6.42 Å². The molecule has 2 rings (SSSR count). The van der Waals surface area contributed by atoms with Gasteiger partial charge in [0.1, 0.15) is 5.82 Å². The molecule has 1 aliphatic rings. The molecular formula is C12H13FN2O. The Hall–Kier alpha value is -1.68. The van der Waals surface area contributed by atoms with E-state index in [4.69, 9.17) is 5.73 Å². The van der Waals surface area contributed by atoms with Crippen LogP contribution in [0.25, 0.3) is 0 Å². The lowest BCUT2D eigenvalue weighted by atomic mass is 10.1. The molecular weight excluding hydrogens is 207 g/mol. The number of hydrogen-bond donors (Lipinski definition) is 2. The Bertz CT molecular complexity index is 431. The highest BCUT2D eigenvalue weighted by Gasteiger charge is 2.23. The van der Waals surface area contributed by atoms with Crippen LogP contribution >= 0.6 is 0 Å². The highest BCUT2D eigenvalue weighted by molar-refractivity contribution is 5.94. The number of rotatable bonds is 2. The molecule has 1 aromatic rings. The first-order valence-electron chi connectivity index (χ1n) is 5.16. The van der Waals surface area contributed by atoms with Crippen molar-refractivity contribution >= 4 is 11.6 Å². The highest BCUT2D eigenvalue weighted by atomic mass is 19.1.